The number of aromatic nitrogens is 1. The maximum atomic E-state index is 11.3. The fourth-order valence-corrected chi connectivity index (χ4v) is 3.00. The molecule has 0 radical (unpaired) electrons. The Morgan fingerprint density at radius 1 is 0.967 bits per heavy atom. The quantitative estimate of drug-likeness (QED) is 0.582. The van der Waals surface area contributed by atoms with Gasteiger partial charge in [-0.1, -0.05) is 42.5 Å². The lowest BCUT2D eigenvalue weighted by Gasteiger charge is -2.27. The van der Waals surface area contributed by atoms with Crippen molar-refractivity contribution in [3.05, 3.63) is 89.2 Å². The first-order valence-corrected chi connectivity index (χ1v) is 10.1. The van der Waals surface area contributed by atoms with Crippen molar-refractivity contribution in [3.8, 4) is 11.1 Å². The summed E-state index contributed by atoms with van der Waals surface area (Å²) in [6.07, 6.45) is 3.66. The van der Waals surface area contributed by atoms with E-state index in [1.807, 2.05) is 18.3 Å². The Kier molecular flexibility index (Phi) is 8.31. The number of esters is 1. The summed E-state index contributed by atoms with van der Waals surface area (Å²) in [7, 11) is 1.39. The fourth-order valence-electron chi connectivity index (χ4n) is 3.00. The number of aryl methyl sites for hydroxylation is 3. The van der Waals surface area contributed by atoms with Crippen molar-refractivity contribution in [1.29, 1.82) is 0 Å². The van der Waals surface area contributed by atoms with Crippen molar-refractivity contribution in [2.24, 2.45) is 0 Å². The molecule has 0 aliphatic heterocycles. The number of benzene rings is 2. The van der Waals surface area contributed by atoms with Crippen LogP contribution < -0.4 is 5.32 Å². The predicted molar refractivity (Wildman–Crippen MR) is 123 cm³/mol. The van der Waals surface area contributed by atoms with Gasteiger partial charge in [-0.15, -0.1) is 0 Å². The van der Waals surface area contributed by atoms with Crippen LogP contribution in [-0.4, -0.2) is 24.6 Å². The van der Waals surface area contributed by atoms with Crippen LogP contribution in [0.2, 0.25) is 0 Å². The van der Waals surface area contributed by atoms with Gasteiger partial charge in [0.15, 0.2) is 0 Å². The van der Waals surface area contributed by atoms with E-state index in [1.54, 1.807) is 6.20 Å². The van der Waals surface area contributed by atoms with E-state index in [9.17, 15) is 4.79 Å². The molecule has 0 bridgehead atoms. The Morgan fingerprint density at radius 3 is 2.20 bits per heavy atom. The number of rotatable bonds is 5. The number of pyridine rings is 1. The van der Waals surface area contributed by atoms with Gasteiger partial charge >= 0.3 is 5.97 Å². The third-order valence-electron chi connectivity index (χ3n) is 5.24. The minimum absolute atomic E-state index is 0.183. The third-order valence-corrected chi connectivity index (χ3v) is 5.24. The fraction of sp³-hybridized carbons (Fsp3) is 0.308. The summed E-state index contributed by atoms with van der Waals surface area (Å²) in [5.41, 5.74) is 6.97. The highest BCUT2D eigenvalue weighted by Crippen LogP contribution is 2.27. The van der Waals surface area contributed by atoms with Crippen LogP contribution in [0.1, 0.15) is 36.1 Å². The Bertz CT molecular complexity index is 959. The summed E-state index contributed by atoms with van der Waals surface area (Å²) in [6, 6.07) is 18.7. The van der Waals surface area contributed by atoms with Gasteiger partial charge < -0.3 is 4.74 Å². The molecule has 0 aliphatic carbocycles. The van der Waals surface area contributed by atoms with Gasteiger partial charge in [-0.2, -0.15) is 0 Å². The second kappa shape index (κ2) is 10.7. The second-order valence-electron chi connectivity index (χ2n) is 7.91. The Labute approximate surface area is 180 Å². The molecule has 1 aromatic heterocycles. The third kappa shape index (κ3) is 6.53. The zero-order valence-corrected chi connectivity index (χ0v) is 18.8. The summed E-state index contributed by atoms with van der Waals surface area (Å²) in [6.45, 7) is 10.6. The molecule has 0 fully saturated rings. The number of methoxy groups -OCH3 is 1. The number of ether oxygens (including phenoxy) is 1. The first-order valence-electron chi connectivity index (χ1n) is 10.1. The minimum Gasteiger partial charge on any atom is -0.468 e. The number of hydrogen-bond donors (Lipinski definition) is 1. The molecule has 30 heavy (non-hydrogen) atoms. The molecular formula is C26H32N2O2. The molecular weight excluding hydrogens is 372 g/mol. The van der Waals surface area contributed by atoms with E-state index < -0.39 is 0 Å². The highest BCUT2D eigenvalue weighted by atomic mass is 16.5. The van der Waals surface area contributed by atoms with E-state index in [4.69, 9.17) is 0 Å². The summed E-state index contributed by atoms with van der Waals surface area (Å²) in [5.74, 6) is -0.269. The number of carbonyl (C=O) groups excluding carboxylic acids is 1. The van der Waals surface area contributed by atoms with Crippen LogP contribution in [-0.2, 0) is 15.1 Å². The van der Waals surface area contributed by atoms with Gasteiger partial charge in [-0.3, -0.25) is 15.1 Å². The van der Waals surface area contributed by atoms with Crippen LogP contribution in [0.3, 0.4) is 0 Å². The second-order valence-corrected chi connectivity index (χ2v) is 7.91. The van der Waals surface area contributed by atoms with E-state index in [0.29, 0.717) is 0 Å². The van der Waals surface area contributed by atoms with Gasteiger partial charge in [0, 0.05) is 17.9 Å². The van der Waals surface area contributed by atoms with Gasteiger partial charge in [0.05, 0.1) is 13.7 Å². The minimum atomic E-state index is -0.328. The maximum absolute atomic E-state index is 11.3. The predicted octanol–water partition coefficient (Wildman–Crippen LogP) is 5.36. The molecule has 0 aliphatic rings. The van der Waals surface area contributed by atoms with Gasteiger partial charge in [0.2, 0.25) is 0 Å². The van der Waals surface area contributed by atoms with E-state index in [2.05, 4.69) is 92.1 Å². The molecule has 0 atom stereocenters. The molecule has 1 heterocycles. The van der Waals surface area contributed by atoms with E-state index in [1.165, 1.54) is 23.8 Å². The van der Waals surface area contributed by atoms with Gasteiger partial charge in [0.25, 0.3) is 0 Å². The molecule has 2 aromatic carbocycles. The highest BCUT2D eigenvalue weighted by molar-refractivity contribution is 5.71. The monoisotopic (exact) mass is 404 g/mol. The summed E-state index contributed by atoms with van der Waals surface area (Å²) >= 11 is 0. The van der Waals surface area contributed by atoms with Crippen LogP contribution in [0.4, 0.5) is 0 Å². The number of nitrogens with zero attached hydrogens (tertiary/aromatic N) is 1. The number of carbonyl (C=O) groups is 1. The van der Waals surface area contributed by atoms with E-state index in [-0.39, 0.29) is 18.1 Å². The first-order chi connectivity index (χ1) is 14.2. The Balaban J connectivity index is 0.000000335. The average molecular weight is 405 g/mol. The smallest absolute Gasteiger partial charge is 0.319 e. The summed E-state index contributed by atoms with van der Waals surface area (Å²) in [5, 5.41) is 3.23. The molecule has 1 N–H and O–H groups in total. The molecule has 3 aromatic rings. The largest absolute Gasteiger partial charge is 0.468 e. The van der Waals surface area contributed by atoms with Crippen molar-refractivity contribution >= 4 is 5.97 Å². The van der Waals surface area contributed by atoms with Crippen LogP contribution in [0.5, 0.6) is 0 Å². The molecule has 0 saturated heterocycles. The molecule has 3 rings (SSSR count). The van der Waals surface area contributed by atoms with Crippen molar-refractivity contribution < 1.29 is 9.53 Å². The van der Waals surface area contributed by atoms with Crippen molar-refractivity contribution in [2.75, 3.05) is 13.7 Å². The zero-order valence-electron chi connectivity index (χ0n) is 18.8. The first kappa shape index (κ1) is 23.3. The summed E-state index contributed by atoms with van der Waals surface area (Å²) in [4.78, 5) is 15.5. The standard InChI is InChI=1S/C18H22N2O2.C8H10/c1-13-11-19-9-8-16(13)14-6-5-7-15(10-14)18(2,3)20-12-17(21)22-4;1-7-5-3-4-6-8(7)2/h5-11,20H,12H2,1-4H3;3-6H,1-2H3. The Hall–Kier alpha value is -2.98. The lowest BCUT2D eigenvalue weighted by Crippen LogP contribution is -2.40. The van der Waals surface area contributed by atoms with Crippen LogP contribution in [0.25, 0.3) is 11.1 Å². The van der Waals surface area contributed by atoms with Crippen LogP contribution in [0.15, 0.2) is 67.0 Å². The molecule has 0 amide bonds. The van der Waals surface area contributed by atoms with Crippen LogP contribution >= 0.6 is 0 Å². The van der Waals surface area contributed by atoms with Crippen molar-refractivity contribution in [1.82, 2.24) is 10.3 Å². The maximum Gasteiger partial charge on any atom is 0.319 e. The van der Waals surface area contributed by atoms with E-state index in [0.717, 1.165) is 16.7 Å². The Morgan fingerprint density at radius 2 is 1.63 bits per heavy atom. The van der Waals surface area contributed by atoms with Gasteiger partial charge in [-0.25, -0.2) is 0 Å². The van der Waals surface area contributed by atoms with Gasteiger partial charge in [0.1, 0.15) is 0 Å². The lowest BCUT2D eigenvalue weighted by molar-refractivity contribution is -0.139. The number of nitrogens with one attached hydrogen (secondary N) is 1. The zero-order chi connectivity index (χ0) is 22.1. The molecule has 0 saturated carbocycles. The SMILES string of the molecule is COC(=O)CNC(C)(C)c1cccc(-c2ccncc2C)c1.Cc1ccccc1C. The summed E-state index contributed by atoms with van der Waals surface area (Å²) < 4.78 is 4.68. The average Bonchev–Trinajstić information content (AvgIpc) is 2.75. The molecule has 4 nitrogen and oxygen atoms in total. The van der Waals surface area contributed by atoms with Crippen LogP contribution in [0, 0.1) is 20.8 Å². The van der Waals surface area contributed by atoms with Crippen molar-refractivity contribution in [2.45, 2.75) is 40.2 Å². The van der Waals surface area contributed by atoms with Gasteiger partial charge in [-0.05, 0) is 80.1 Å². The normalized spacial score (nSPS) is 10.7. The van der Waals surface area contributed by atoms with Crippen molar-refractivity contribution in [3.63, 3.8) is 0 Å². The highest BCUT2D eigenvalue weighted by Gasteiger charge is 2.21. The van der Waals surface area contributed by atoms with E-state index >= 15 is 0 Å². The number of hydrogen-bond acceptors (Lipinski definition) is 4. The lowest BCUT2D eigenvalue weighted by atomic mass is 9.90. The topological polar surface area (TPSA) is 51.2 Å². The molecule has 4 heteroatoms. The molecule has 158 valence electrons. The molecule has 0 unspecified atom stereocenters. The molecule has 0 spiro atoms.